The average Bonchev–Trinajstić information content (AvgIpc) is 3.14. The second-order valence-electron chi connectivity index (χ2n) is 10.0. The largest absolute Gasteiger partial charge is 0.494 e. The fourth-order valence-electron chi connectivity index (χ4n) is 3.38. The van der Waals surface area contributed by atoms with E-state index in [1.54, 1.807) is 4.90 Å². The predicted molar refractivity (Wildman–Crippen MR) is 114 cm³/mol. The van der Waals surface area contributed by atoms with Crippen molar-refractivity contribution in [1.29, 1.82) is 0 Å². The Balaban J connectivity index is 1.49. The van der Waals surface area contributed by atoms with E-state index in [1.807, 2.05) is 72.7 Å². The van der Waals surface area contributed by atoms with E-state index in [1.165, 1.54) is 0 Å². The molecule has 29 heavy (non-hydrogen) atoms. The first-order valence-corrected chi connectivity index (χ1v) is 10.4. The molecule has 0 radical (unpaired) electrons. The number of amides is 1. The van der Waals surface area contributed by atoms with Crippen molar-refractivity contribution >= 4 is 18.7 Å². The van der Waals surface area contributed by atoms with Gasteiger partial charge in [0.05, 0.1) is 17.8 Å². The highest BCUT2D eigenvalue weighted by atomic mass is 16.7. The van der Waals surface area contributed by atoms with Crippen LogP contribution in [0.15, 0.2) is 24.3 Å². The van der Waals surface area contributed by atoms with E-state index in [4.69, 9.17) is 18.8 Å². The number of carbonyl (C=O) groups excluding carboxylic acids is 1. The van der Waals surface area contributed by atoms with Crippen LogP contribution in [0.2, 0.25) is 0 Å². The highest BCUT2D eigenvalue weighted by Gasteiger charge is 2.51. The molecule has 1 amide bonds. The van der Waals surface area contributed by atoms with Crippen LogP contribution in [-0.4, -0.2) is 54.6 Å². The molecule has 3 rings (SSSR count). The molecule has 2 aliphatic heterocycles. The summed E-state index contributed by atoms with van der Waals surface area (Å²) in [5, 5.41) is 0. The van der Waals surface area contributed by atoms with Gasteiger partial charge in [0.25, 0.3) is 0 Å². The molecule has 1 atom stereocenters. The quantitative estimate of drug-likeness (QED) is 0.719. The van der Waals surface area contributed by atoms with Gasteiger partial charge in [-0.1, -0.05) is 12.1 Å². The summed E-state index contributed by atoms with van der Waals surface area (Å²) in [7, 11) is -0.369. The van der Waals surface area contributed by atoms with Gasteiger partial charge in [0.1, 0.15) is 11.4 Å². The zero-order valence-electron chi connectivity index (χ0n) is 18.8. The van der Waals surface area contributed by atoms with Crippen LogP contribution in [0.3, 0.4) is 0 Å². The topological polar surface area (TPSA) is 57.2 Å². The Kier molecular flexibility index (Phi) is 5.94. The maximum atomic E-state index is 12.2. The molecule has 0 aromatic heterocycles. The van der Waals surface area contributed by atoms with Gasteiger partial charge in [-0.15, -0.1) is 0 Å². The molecule has 0 bridgehead atoms. The molecule has 2 fully saturated rings. The van der Waals surface area contributed by atoms with E-state index >= 15 is 0 Å². The Labute approximate surface area is 175 Å². The zero-order chi connectivity index (χ0) is 21.4. The van der Waals surface area contributed by atoms with Crippen molar-refractivity contribution in [3.8, 4) is 5.75 Å². The molecule has 2 aliphatic rings. The Morgan fingerprint density at radius 1 is 1.14 bits per heavy atom. The third kappa shape index (κ3) is 5.26. The highest BCUT2D eigenvalue weighted by molar-refractivity contribution is 6.62. The number of rotatable bonds is 4. The smallest absolute Gasteiger partial charge is 0.493 e. The predicted octanol–water partition coefficient (Wildman–Crippen LogP) is 3.62. The van der Waals surface area contributed by atoms with Gasteiger partial charge in [0.2, 0.25) is 0 Å². The molecule has 0 N–H and O–H groups in total. The average molecular weight is 403 g/mol. The van der Waals surface area contributed by atoms with Crippen LogP contribution in [0.5, 0.6) is 5.75 Å². The van der Waals surface area contributed by atoms with Crippen LogP contribution in [0, 0.1) is 5.92 Å². The molecule has 1 aromatic carbocycles. The van der Waals surface area contributed by atoms with E-state index in [9.17, 15) is 4.79 Å². The van der Waals surface area contributed by atoms with Gasteiger partial charge < -0.3 is 23.7 Å². The molecule has 6 nitrogen and oxygen atoms in total. The number of likely N-dealkylation sites (tertiary alicyclic amines) is 1. The van der Waals surface area contributed by atoms with Crippen LogP contribution in [0.4, 0.5) is 4.79 Å². The minimum atomic E-state index is -0.468. The van der Waals surface area contributed by atoms with Gasteiger partial charge in [-0.05, 0) is 72.5 Å². The maximum absolute atomic E-state index is 12.2. The summed E-state index contributed by atoms with van der Waals surface area (Å²) in [4.78, 5) is 13.9. The number of hydrogen-bond acceptors (Lipinski definition) is 5. The van der Waals surface area contributed by atoms with Crippen LogP contribution < -0.4 is 10.2 Å². The van der Waals surface area contributed by atoms with E-state index in [2.05, 4.69) is 0 Å². The Morgan fingerprint density at radius 2 is 1.72 bits per heavy atom. The summed E-state index contributed by atoms with van der Waals surface area (Å²) >= 11 is 0. The van der Waals surface area contributed by atoms with E-state index in [-0.39, 0.29) is 24.4 Å². The van der Waals surface area contributed by atoms with Crippen molar-refractivity contribution in [3.63, 3.8) is 0 Å². The maximum Gasteiger partial charge on any atom is 0.494 e. The number of hydrogen-bond donors (Lipinski definition) is 0. The second kappa shape index (κ2) is 7.84. The molecular weight excluding hydrogens is 369 g/mol. The summed E-state index contributed by atoms with van der Waals surface area (Å²) in [5.41, 5.74) is -0.192. The van der Waals surface area contributed by atoms with Gasteiger partial charge in [-0.3, -0.25) is 0 Å². The van der Waals surface area contributed by atoms with E-state index < -0.39 is 5.60 Å². The summed E-state index contributed by atoms with van der Waals surface area (Å²) in [6.07, 6.45) is 0.678. The number of ether oxygens (including phenoxy) is 2. The van der Waals surface area contributed by atoms with Crippen LogP contribution in [-0.2, 0) is 14.0 Å². The van der Waals surface area contributed by atoms with E-state index in [0.717, 1.165) is 17.6 Å². The van der Waals surface area contributed by atoms with Crippen molar-refractivity contribution in [3.05, 3.63) is 24.3 Å². The SMILES string of the molecule is CC(C)(C)OC(=O)N1CC[C@@H](COc2ccc(B3OC(C)(C)C(C)(C)O3)cc2)C1. The molecule has 0 aliphatic carbocycles. The van der Waals surface area contributed by atoms with Crippen LogP contribution >= 0.6 is 0 Å². The molecule has 0 unspecified atom stereocenters. The third-order valence-corrected chi connectivity index (χ3v) is 5.83. The fourth-order valence-corrected chi connectivity index (χ4v) is 3.38. The molecule has 2 saturated heterocycles. The van der Waals surface area contributed by atoms with Crippen molar-refractivity contribution in [2.45, 2.75) is 71.7 Å². The Morgan fingerprint density at radius 3 is 2.28 bits per heavy atom. The fraction of sp³-hybridized carbons (Fsp3) is 0.682. The molecular formula is C22H34BNO5. The molecule has 7 heteroatoms. The summed E-state index contributed by atoms with van der Waals surface area (Å²) in [6.45, 7) is 15.8. The number of carbonyl (C=O) groups is 1. The lowest BCUT2D eigenvalue weighted by Gasteiger charge is -2.32. The lowest BCUT2D eigenvalue weighted by Crippen LogP contribution is -2.41. The zero-order valence-corrected chi connectivity index (χ0v) is 18.8. The van der Waals surface area contributed by atoms with Gasteiger partial charge in [-0.25, -0.2) is 4.79 Å². The normalized spacial score (nSPS) is 23.3. The van der Waals surface area contributed by atoms with Crippen molar-refractivity contribution in [2.75, 3.05) is 19.7 Å². The third-order valence-electron chi connectivity index (χ3n) is 5.83. The van der Waals surface area contributed by atoms with Crippen molar-refractivity contribution in [1.82, 2.24) is 4.90 Å². The summed E-state index contributed by atoms with van der Waals surface area (Å²) in [6, 6.07) is 7.86. The highest BCUT2D eigenvalue weighted by Crippen LogP contribution is 2.36. The summed E-state index contributed by atoms with van der Waals surface area (Å²) < 4.78 is 23.6. The monoisotopic (exact) mass is 403 g/mol. The standard InChI is InChI=1S/C22H34BNO5/c1-20(2,3)27-19(25)24-13-12-16(14-24)15-26-18-10-8-17(9-11-18)23-28-21(4,5)22(6,7)29-23/h8-11,16H,12-15H2,1-7H3/t16-/m1/s1. The van der Waals surface area contributed by atoms with Crippen molar-refractivity contribution in [2.24, 2.45) is 5.92 Å². The number of nitrogens with zero attached hydrogens (tertiary/aromatic N) is 1. The molecule has 160 valence electrons. The first kappa shape index (κ1) is 22.0. The van der Waals surface area contributed by atoms with Gasteiger partial charge >= 0.3 is 13.2 Å². The Hall–Kier alpha value is -1.73. The minimum Gasteiger partial charge on any atom is -0.493 e. The van der Waals surface area contributed by atoms with E-state index in [0.29, 0.717) is 25.6 Å². The second-order valence-corrected chi connectivity index (χ2v) is 10.0. The number of benzene rings is 1. The minimum absolute atomic E-state index is 0.244. The molecule has 1 aromatic rings. The first-order valence-electron chi connectivity index (χ1n) is 10.4. The van der Waals surface area contributed by atoms with Crippen LogP contribution in [0.25, 0.3) is 0 Å². The van der Waals surface area contributed by atoms with Crippen molar-refractivity contribution < 1.29 is 23.6 Å². The molecule has 0 saturated carbocycles. The van der Waals surface area contributed by atoms with Gasteiger partial charge in [-0.2, -0.15) is 0 Å². The van der Waals surface area contributed by atoms with Gasteiger partial charge in [0.15, 0.2) is 0 Å². The lowest BCUT2D eigenvalue weighted by molar-refractivity contribution is 0.00578. The van der Waals surface area contributed by atoms with Gasteiger partial charge in [0, 0.05) is 19.0 Å². The molecule has 2 heterocycles. The molecule has 0 spiro atoms. The lowest BCUT2D eigenvalue weighted by atomic mass is 9.79. The van der Waals surface area contributed by atoms with Crippen LogP contribution in [0.1, 0.15) is 54.9 Å². The first-order chi connectivity index (χ1) is 13.4. The summed E-state index contributed by atoms with van der Waals surface area (Å²) in [5.74, 6) is 1.12. The Bertz CT molecular complexity index is 710.